The molecule has 1 saturated heterocycles. The Labute approximate surface area is 97.5 Å². The third-order valence-corrected chi connectivity index (χ3v) is 2.93. The summed E-state index contributed by atoms with van der Waals surface area (Å²) in [6.07, 6.45) is 0.877. The molecule has 0 aromatic carbocycles. The number of hydrogen-bond acceptors (Lipinski definition) is 3. The van der Waals surface area contributed by atoms with Crippen molar-refractivity contribution in [1.29, 1.82) is 0 Å². The molecule has 0 spiro atoms. The first-order chi connectivity index (χ1) is 6.47. The average molecular weight is 237 g/mol. The third-order valence-electron chi connectivity index (χ3n) is 2.93. The van der Waals surface area contributed by atoms with Gasteiger partial charge in [0.1, 0.15) is 6.61 Å². The summed E-state index contributed by atoms with van der Waals surface area (Å²) in [6.45, 7) is 5.86. The van der Waals surface area contributed by atoms with E-state index in [1.807, 2.05) is 4.90 Å². The van der Waals surface area contributed by atoms with Gasteiger partial charge in [-0.3, -0.25) is 4.79 Å². The van der Waals surface area contributed by atoms with Crippen LogP contribution in [0.25, 0.3) is 0 Å². The van der Waals surface area contributed by atoms with Crippen LogP contribution in [0.5, 0.6) is 0 Å². The van der Waals surface area contributed by atoms with Crippen LogP contribution in [0.3, 0.4) is 0 Å². The second-order valence-corrected chi connectivity index (χ2v) is 4.63. The van der Waals surface area contributed by atoms with E-state index in [1.54, 1.807) is 7.11 Å². The molecule has 0 aromatic heterocycles. The molecule has 1 aliphatic rings. The van der Waals surface area contributed by atoms with Crippen molar-refractivity contribution < 1.29 is 9.53 Å². The number of likely N-dealkylation sites (tertiary alicyclic amines) is 1. The highest BCUT2D eigenvalue weighted by Crippen LogP contribution is 2.27. The summed E-state index contributed by atoms with van der Waals surface area (Å²) >= 11 is 0. The van der Waals surface area contributed by atoms with Gasteiger partial charge in [0.2, 0.25) is 5.91 Å². The number of nitrogens with zero attached hydrogens (tertiary/aromatic N) is 1. The zero-order chi connectivity index (χ0) is 10.8. The SMILES string of the molecule is COCC(=O)N1CCC(N)C(C)(C)C1.Cl. The molecule has 0 saturated carbocycles. The van der Waals surface area contributed by atoms with Crippen LogP contribution in [0.15, 0.2) is 0 Å². The molecule has 1 fully saturated rings. The minimum atomic E-state index is 0. The highest BCUT2D eigenvalue weighted by molar-refractivity contribution is 5.85. The lowest BCUT2D eigenvalue weighted by atomic mass is 9.80. The number of piperidine rings is 1. The van der Waals surface area contributed by atoms with E-state index in [9.17, 15) is 4.79 Å². The van der Waals surface area contributed by atoms with Crippen LogP contribution < -0.4 is 5.73 Å². The predicted molar refractivity (Wildman–Crippen MR) is 62.1 cm³/mol. The van der Waals surface area contributed by atoms with Crippen molar-refractivity contribution in [1.82, 2.24) is 4.90 Å². The van der Waals surface area contributed by atoms with Gasteiger partial charge in [0.05, 0.1) is 0 Å². The molecule has 5 heteroatoms. The summed E-state index contributed by atoms with van der Waals surface area (Å²) in [4.78, 5) is 13.4. The highest BCUT2D eigenvalue weighted by atomic mass is 35.5. The Hall–Kier alpha value is -0.320. The van der Waals surface area contributed by atoms with Crippen LogP contribution in [0.1, 0.15) is 20.3 Å². The number of hydrogen-bond donors (Lipinski definition) is 1. The molecule has 1 rings (SSSR count). The molecule has 1 amide bonds. The van der Waals surface area contributed by atoms with E-state index >= 15 is 0 Å². The van der Waals surface area contributed by atoms with Crippen LogP contribution in [-0.2, 0) is 9.53 Å². The molecule has 1 atom stereocenters. The Morgan fingerprint density at radius 1 is 1.60 bits per heavy atom. The van der Waals surface area contributed by atoms with E-state index in [1.165, 1.54) is 0 Å². The number of carbonyl (C=O) groups is 1. The lowest BCUT2D eigenvalue weighted by Crippen LogP contribution is -2.54. The topological polar surface area (TPSA) is 55.6 Å². The van der Waals surface area contributed by atoms with Gasteiger partial charge in [-0.15, -0.1) is 12.4 Å². The van der Waals surface area contributed by atoms with E-state index in [4.69, 9.17) is 10.5 Å². The number of methoxy groups -OCH3 is 1. The van der Waals surface area contributed by atoms with Crippen molar-refractivity contribution in [3.8, 4) is 0 Å². The summed E-state index contributed by atoms with van der Waals surface area (Å²) < 4.78 is 4.83. The fraction of sp³-hybridized carbons (Fsp3) is 0.900. The maximum absolute atomic E-state index is 11.6. The fourth-order valence-electron chi connectivity index (χ4n) is 1.80. The lowest BCUT2D eigenvalue weighted by Gasteiger charge is -2.42. The smallest absolute Gasteiger partial charge is 0.248 e. The van der Waals surface area contributed by atoms with Gasteiger partial charge in [-0.25, -0.2) is 0 Å². The highest BCUT2D eigenvalue weighted by Gasteiger charge is 2.34. The van der Waals surface area contributed by atoms with Crippen molar-refractivity contribution in [2.45, 2.75) is 26.3 Å². The number of carbonyl (C=O) groups excluding carboxylic acids is 1. The predicted octanol–water partition coefficient (Wildman–Crippen LogP) is 0.640. The molecular formula is C10H21ClN2O2. The normalized spacial score (nSPS) is 24.5. The van der Waals surface area contributed by atoms with Gasteiger partial charge in [0.15, 0.2) is 0 Å². The molecule has 4 nitrogen and oxygen atoms in total. The Bertz CT molecular complexity index is 221. The summed E-state index contributed by atoms with van der Waals surface area (Å²) in [7, 11) is 1.54. The standard InChI is InChI=1S/C10H20N2O2.ClH/c1-10(2)7-12(5-4-8(10)11)9(13)6-14-3;/h8H,4-7,11H2,1-3H3;1H. The van der Waals surface area contributed by atoms with Gasteiger partial charge in [-0.05, 0) is 11.8 Å². The molecule has 0 bridgehead atoms. The van der Waals surface area contributed by atoms with Crippen LogP contribution in [-0.4, -0.2) is 43.7 Å². The minimum absolute atomic E-state index is 0. The Balaban J connectivity index is 0.00000196. The lowest BCUT2D eigenvalue weighted by molar-refractivity contribution is -0.138. The van der Waals surface area contributed by atoms with Crippen LogP contribution in [0, 0.1) is 5.41 Å². The van der Waals surface area contributed by atoms with Crippen LogP contribution in [0.4, 0.5) is 0 Å². The van der Waals surface area contributed by atoms with Crippen molar-refractivity contribution in [3.63, 3.8) is 0 Å². The van der Waals surface area contributed by atoms with Gasteiger partial charge < -0.3 is 15.4 Å². The molecular weight excluding hydrogens is 216 g/mol. The number of amides is 1. The van der Waals surface area contributed by atoms with Crippen molar-refractivity contribution in [3.05, 3.63) is 0 Å². The maximum atomic E-state index is 11.6. The first-order valence-electron chi connectivity index (χ1n) is 4.99. The van der Waals surface area contributed by atoms with E-state index in [2.05, 4.69) is 13.8 Å². The molecule has 0 radical (unpaired) electrons. The zero-order valence-electron chi connectivity index (χ0n) is 9.66. The van der Waals surface area contributed by atoms with Crippen molar-refractivity contribution in [2.75, 3.05) is 26.8 Å². The molecule has 2 N–H and O–H groups in total. The molecule has 0 aromatic rings. The van der Waals surface area contributed by atoms with Gasteiger partial charge in [-0.1, -0.05) is 13.8 Å². The van der Waals surface area contributed by atoms with E-state index in [-0.39, 0.29) is 36.4 Å². The summed E-state index contributed by atoms with van der Waals surface area (Å²) in [5.41, 5.74) is 6.00. The molecule has 1 aliphatic heterocycles. The third kappa shape index (κ3) is 3.63. The van der Waals surface area contributed by atoms with E-state index < -0.39 is 0 Å². The van der Waals surface area contributed by atoms with E-state index in [0.717, 1.165) is 19.5 Å². The first-order valence-corrected chi connectivity index (χ1v) is 4.99. The second-order valence-electron chi connectivity index (χ2n) is 4.63. The van der Waals surface area contributed by atoms with Gasteiger partial charge in [-0.2, -0.15) is 0 Å². The molecule has 15 heavy (non-hydrogen) atoms. The van der Waals surface area contributed by atoms with Crippen molar-refractivity contribution in [2.24, 2.45) is 11.1 Å². The average Bonchev–Trinajstić information content (AvgIpc) is 2.10. The Morgan fingerprint density at radius 2 is 2.20 bits per heavy atom. The fourth-order valence-corrected chi connectivity index (χ4v) is 1.80. The summed E-state index contributed by atoms with van der Waals surface area (Å²) in [6, 6.07) is 0.189. The zero-order valence-corrected chi connectivity index (χ0v) is 10.5. The molecule has 90 valence electrons. The maximum Gasteiger partial charge on any atom is 0.248 e. The Kier molecular flexibility index (Phi) is 5.56. The number of halogens is 1. The Morgan fingerprint density at radius 3 is 2.67 bits per heavy atom. The molecule has 1 unspecified atom stereocenters. The van der Waals surface area contributed by atoms with Gasteiger partial charge >= 0.3 is 0 Å². The largest absolute Gasteiger partial charge is 0.375 e. The van der Waals surface area contributed by atoms with Crippen LogP contribution >= 0.6 is 12.4 Å². The number of rotatable bonds is 2. The van der Waals surface area contributed by atoms with Crippen LogP contribution in [0.2, 0.25) is 0 Å². The quantitative estimate of drug-likeness (QED) is 0.766. The minimum Gasteiger partial charge on any atom is -0.375 e. The summed E-state index contributed by atoms with van der Waals surface area (Å²) in [5, 5.41) is 0. The molecule has 0 aliphatic carbocycles. The summed E-state index contributed by atoms with van der Waals surface area (Å²) in [5.74, 6) is 0.0625. The second kappa shape index (κ2) is 5.68. The molecule has 1 heterocycles. The van der Waals surface area contributed by atoms with Crippen molar-refractivity contribution >= 4 is 18.3 Å². The monoisotopic (exact) mass is 236 g/mol. The van der Waals surface area contributed by atoms with E-state index in [0.29, 0.717) is 0 Å². The number of nitrogens with two attached hydrogens (primary N) is 1. The number of ether oxygens (including phenoxy) is 1. The first kappa shape index (κ1) is 14.7. The van der Waals surface area contributed by atoms with Gasteiger partial charge in [0.25, 0.3) is 0 Å². The van der Waals surface area contributed by atoms with Gasteiger partial charge in [0, 0.05) is 26.2 Å².